The molecule has 0 spiro atoms. The Labute approximate surface area is 158 Å². The summed E-state index contributed by atoms with van der Waals surface area (Å²) >= 11 is 5.32. The van der Waals surface area contributed by atoms with Crippen molar-refractivity contribution in [1.29, 1.82) is 0 Å². The molecule has 1 heterocycles. The molecule has 5 nitrogen and oxygen atoms in total. The first-order chi connectivity index (χ1) is 12.6. The van der Waals surface area contributed by atoms with Gasteiger partial charge in [-0.3, -0.25) is 5.10 Å². The molecule has 0 atom stereocenters. The molecular weight excluding hydrogens is 344 g/mol. The van der Waals surface area contributed by atoms with Crippen molar-refractivity contribution in [3.05, 3.63) is 52.6 Å². The smallest absolute Gasteiger partial charge is 0.216 e. The van der Waals surface area contributed by atoms with Crippen molar-refractivity contribution in [2.75, 3.05) is 6.61 Å². The maximum Gasteiger partial charge on any atom is 0.216 e. The SMILES string of the molecule is CCCCOc1ccc2ccccc2c1/C=N/n1c(C(C)C)n[nH]c1=S. The number of benzene rings is 2. The molecule has 3 aromatic rings. The zero-order chi connectivity index (χ0) is 18.5. The van der Waals surface area contributed by atoms with E-state index in [0.717, 1.165) is 40.8 Å². The van der Waals surface area contributed by atoms with Crippen molar-refractivity contribution >= 4 is 29.2 Å². The summed E-state index contributed by atoms with van der Waals surface area (Å²) < 4.78 is 8.18. The highest BCUT2D eigenvalue weighted by Gasteiger charge is 2.11. The van der Waals surface area contributed by atoms with Gasteiger partial charge in [0.1, 0.15) is 5.75 Å². The largest absolute Gasteiger partial charge is 0.493 e. The molecule has 6 heteroatoms. The van der Waals surface area contributed by atoms with Crippen LogP contribution in [0.15, 0.2) is 41.5 Å². The van der Waals surface area contributed by atoms with Crippen LogP contribution in [0.5, 0.6) is 5.75 Å². The number of fused-ring (bicyclic) bond motifs is 1. The van der Waals surface area contributed by atoms with Crippen molar-refractivity contribution in [3.8, 4) is 5.75 Å². The Balaban J connectivity index is 2.06. The molecule has 2 aromatic carbocycles. The van der Waals surface area contributed by atoms with E-state index in [1.54, 1.807) is 4.68 Å². The minimum Gasteiger partial charge on any atom is -0.493 e. The molecule has 0 aliphatic carbocycles. The number of nitrogens with one attached hydrogen (secondary N) is 1. The normalized spacial score (nSPS) is 11.7. The van der Waals surface area contributed by atoms with Gasteiger partial charge in [0.2, 0.25) is 4.77 Å². The second kappa shape index (κ2) is 8.27. The fourth-order valence-electron chi connectivity index (χ4n) is 2.77. The lowest BCUT2D eigenvalue weighted by Crippen LogP contribution is -2.03. The van der Waals surface area contributed by atoms with Gasteiger partial charge < -0.3 is 4.74 Å². The minimum atomic E-state index is 0.216. The molecule has 0 saturated heterocycles. The zero-order valence-electron chi connectivity index (χ0n) is 15.4. The summed E-state index contributed by atoms with van der Waals surface area (Å²) in [6.07, 6.45) is 3.94. The number of hydrogen-bond acceptors (Lipinski definition) is 4. The summed E-state index contributed by atoms with van der Waals surface area (Å²) in [5.74, 6) is 1.86. The lowest BCUT2D eigenvalue weighted by Gasteiger charge is -2.11. The second-order valence-electron chi connectivity index (χ2n) is 6.50. The number of aromatic amines is 1. The molecule has 3 rings (SSSR count). The van der Waals surface area contributed by atoms with Crippen LogP contribution in [0.4, 0.5) is 0 Å². The summed E-state index contributed by atoms with van der Waals surface area (Å²) in [6, 6.07) is 12.3. The highest BCUT2D eigenvalue weighted by atomic mass is 32.1. The van der Waals surface area contributed by atoms with Gasteiger partial charge in [0.15, 0.2) is 5.82 Å². The number of H-pyrrole nitrogens is 1. The van der Waals surface area contributed by atoms with Gasteiger partial charge in [-0.1, -0.05) is 57.5 Å². The Hall–Kier alpha value is -2.47. The first kappa shape index (κ1) is 18.3. The Morgan fingerprint density at radius 3 is 2.85 bits per heavy atom. The van der Waals surface area contributed by atoms with Crippen LogP contribution in [-0.2, 0) is 0 Å². The summed E-state index contributed by atoms with van der Waals surface area (Å²) in [5.41, 5.74) is 0.956. The number of ether oxygens (including phenoxy) is 1. The molecule has 0 fully saturated rings. The van der Waals surface area contributed by atoms with Crippen molar-refractivity contribution < 1.29 is 4.74 Å². The lowest BCUT2D eigenvalue weighted by atomic mass is 10.0. The average molecular weight is 369 g/mol. The number of unbranched alkanes of at least 4 members (excludes halogenated alkanes) is 1. The molecule has 0 radical (unpaired) electrons. The monoisotopic (exact) mass is 368 g/mol. The van der Waals surface area contributed by atoms with Crippen molar-refractivity contribution in [1.82, 2.24) is 14.9 Å². The third-order valence-corrected chi connectivity index (χ3v) is 4.44. The summed E-state index contributed by atoms with van der Waals surface area (Å²) in [6.45, 7) is 6.97. The number of rotatable bonds is 7. The zero-order valence-corrected chi connectivity index (χ0v) is 16.2. The molecule has 26 heavy (non-hydrogen) atoms. The fourth-order valence-corrected chi connectivity index (χ4v) is 2.95. The Kier molecular flexibility index (Phi) is 5.83. The molecule has 0 saturated carbocycles. The summed E-state index contributed by atoms with van der Waals surface area (Å²) in [7, 11) is 0. The van der Waals surface area contributed by atoms with Crippen LogP contribution in [0.2, 0.25) is 0 Å². The number of hydrogen-bond donors (Lipinski definition) is 1. The number of nitrogens with zero attached hydrogens (tertiary/aromatic N) is 3. The molecule has 1 N–H and O–H groups in total. The van der Waals surface area contributed by atoms with E-state index >= 15 is 0 Å². The van der Waals surface area contributed by atoms with Gasteiger partial charge in [-0.2, -0.15) is 14.9 Å². The van der Waals surface area contributed by atoms with Gasteiger partial charge in [-0.05, 0) is 35.5 Å². The summed E-state index contributed by atoms with van der Waals surface area (Å²) in [5, 5.41) is 14.0. The molecule has 0 unspecified atom stereocenters. The second-order valence-corrected chi connectivity index (χ2v) is 6.89. The minimum absolute atomic E-state index is 0.216. The van der Waals surface area contributed by atoms with Crippen LogP contribution in [-0.4, -0.2) is 27.7 Å². The van der Waals surface area contributed by atoms with E-state index in [0.29, 0.717) is 11.4 Å². The van der Waals surface area contributed by atoms with Crippen molar-refractivity contribution in [2.45, 2.75) is 39.5 Å². The van der Waals surface area contributed by atoms with Crippen LogP contribution in [0.25, 0.3) is 10.8 Å². The van der Waals surface area contributed by atoms with Gasteiger partial charge in [0.05, 0.1) is 12.8 Å². The molecule has 0 aliphatic heterocycles. The molecule has 0 aliphatic rings. The van der Waals surface area contributed by atoms with E-state index < -0.39 is 0 Å². The van der Waals surface area contributed by atoms with Gasteiger partial charge in [-0.25, -0.2) is 0 Å². The third-order valence-electron chi connectivity index (χ3n) is 4.18. The van der Waals surface area contributed by atoms with Crippen LogP contribution >= 0.6 is 12.2 Å². The fraction of sp³-hybridized carbons (Fsp3) is 0.350. The highest BCUT2D eigenvalue weighted by molar-refractivity contribution is 7.71. The van der Waals surface area contributed by atoms with Crippen LogP contribution < -0.4 is 4.74 Å². The van der Waals surface area contributed by atoms with E-state index in [1.165, 1.54) is 0 Å². The number of aromatic nitrogens is 3. The maximum absolute atomic E-state index is 6.01. The van der Waals surface area contributed by atoms with E-state index in [2.05, 4.69) is 54.3 Å². The van der Waals surface area contributed by atoms with E-state index in [-0.39, 0.29) is 5.92 Å². The van der Waals surface area contributed by atoms with E-state index in [1.807, 2.05) is 24.4 Å². The topological polar surface area (TPSA) is 55.2 Å². The summed E-state index contributed by atoms with van der Waals surface area (Å²) in [4.78, 5) is 0. The predicted octanol–water partition coefficient (Wildman–Crippen LogP) is 5.28. The maximum atomic E-state index is 6.01. The van der Waals surface area contributed by atoms with Gasteiger partial charge in [0, 0.05) is 11.5 Å². The van der Waals surface area contributed by atoms with E-state index in [9.17, 15) is 0 Å². The van der Waals surface area contributed by atoms with Crippen molar-refractivity contribution in [2.24, 2.45) is 5.10 Å². The Bertz CT molecular complexity index is 971. The third kappa shape index (κ3) is 3.85. The molecule has 0 bridgehead atoms. The van der Waals surface area contributed by atoms with Crippen molar-refractivity contribution in [3.63, 3.8) is 0 Å². The Morgan fingerprint density at radius 1 is 1.27 bits per heavy atom. The molecule has 0 amide bonds. The quantitative estimate of drug-likeness (QED) is 0.351. The van der Waals surface area contributed by atoms with Crippen LogP contribution in [0.3, 0.4) is 0 Å². The first-order valence-electron chi connectivity index (χ1n) is 8.98. The van der Waals surface area contributed by atoms with Gasteiger partial charge >= 0.3 is 0 Å². The molecule has 136 valence electrons. The first-order valence-corrected chi connectivity index (χ1v) is 9.38. The molecular formula is C20H24N4OS. The standard InChI is InChI=1S/C20H24N4OS/c1-4-5-12-25-18-11-10-15-8-6-7-9-16(15)17(18)13-21-24-19(14(2)3)22-23-20(24)26/h6-11,13-14H,4-5,12H2,1-3H3,(H,23,26)/b21-13+. The molecule has 1 aromatic heterocycles. The Morgan fingerprint density at radius 2 is 2.08 bits per heavy atom. The predicted molar refractivity (Wildman–Crippen MR) is 109 cm³/mol. The van der Waals surface area contributed by atoms with E-state index in [4.69, 9.17) is 17.0 Å². The van der Waals surface area contributed by atoms with Gasteiger partial charge in [0.25, 0.3) is 0 Å². The highest BCUT2D eigenvalue weighted by Crippen LogP contribution is 2.27. The lowest BCUT2D eigenvalue weighted by molar-refractivity contribution is 0.309. The van der Waals surface area contributed by atoms with Crippen LogP contribution in [0, 0.1) is 4.77 Å². The van der Waals surface area contributed by atoms with Gasteiger partial charge in [-0.15, -0.1) is 0 Å². The van der Waals surface area contributed by atoms with Crippen LogP contribution in [0.1, 0.15) is 50.9 Å². The average Bonchev–Trinajstić information content (AvgIpc) is 3.01.